The molecule has 0 bridgehead atoms. The molecule has 26 heavy (non-hydrogen) atoms. The van der Waals surface area contributed by atoms with Crippen LogP contribution in [0.5, 0.6) is 0 Å². The molecule has 1 atom stereocenters. The average molecular weight is 385 g/mol. The first kappa shape index (κ1) is 19.8. The Bertz CT molecular complexity index is 889. The van der Waals surface area contributed by atoms with Gasteiger partial charge in [-0.25, -0.2) is 17.6 Å². The van der Waals surface area contributed by atoms with Crippen LogP contribution in [0, 0.1) is 5.82 Å². The van der Waals surface area contributed by atoms with Gasteiger partial charge in [0.2, 0.25) is 15.7 Å². The molecule has 1 aromatic heterocycles. The van der Waals surface area contributed by atoms with Gasteiger partial charge in [0.05, 0.1) is 5.75 Å². The molecule has 142 valence electrons. The molecule has 2 aromatic rings. The van der Waals surface area contributed by atoms with Gasteiger partial charge in [0.15, 0.2) is 0 Å². The Kier molecular flexibility index (Phi) is 5.65. The largest absolute Gasteiger partial charge is 0.444 e. The summed E-state index contributed by atoms with van der Waals surface area (Å²) in [5.41, 5.74) is -0.428. The highest BCUT2D eigenvalue weighted by molar-refractivity contribution is 7.90. The summed E-state index contributed by atoms with van der Waals surface area (Å²) < 4.78 is 48.1. The molecule has 1 N–H and O–H groups in total. The molecule has 1 aromatic carbocycles. The van der Waals surface area contributed by atoms with E-state index in [0.29, 0.717) is 0 Å². The maximum Gasteiger partial charge on any atom is 0.408 e. The lowest BCUT2D eigenvalue weighted by atomic mass is 10.2. The number of hydrogen-bond acceptors (Lipinski definition) is 7. The van der Waals surface area contributed by atoms with Gasteiger partial charge >= 0.3 is 11.3 Å². The molecule has 1 unspecified atom stereocenters. The lowest BCUT2D eigenvalue weighted by Crippen LogP contribution is -2.34. The minimum absolute atomic E-state index is 0.0892. The Morgan fingerprint density at radius 3 is 2.65 bits per heavy atom. The van der Waals surface area contributed by atoms with Crippen molar-refractivity contribution in [2.45, 2.75) is 50.3 Å². The van der Waals surface area contributed by atoms with E-state index in [1.165, 1.54) is 18.2 Å². The third kappa shape index (κ3) is 5.51. The fourth-order valence-corrected chi connectivity index (χ4v) is 3.09. The van der Waals surface area contributed by atoms with E-state index in [9.17, 15) is 17.6 Å². The number of alkyl carbamates (subject to hydrolysis) is 1. The van der Waals surface area contributed by atoms with E-state index >= 15 is 0 Å². The highest BCUT2D eigenvalue weighted by atomic mass is 32.2. The van der Waals surface area contributed by atoms with E-state index < -0.39 is 44.4 Å². The summed E-state index contributed by atoms with van der Waals surface area (Å²) in [6.07, 6.45) is -0.702. The number of aromatic nitrogens is 2. The fourth-order valence-electron chi connectivity index (χ4n) is 1.98. The zero-order valence-corrected chi connectivity index (χ0v) is 15.6. The second kappa shape index (κ2) is 7.40. The summed E-state index contributed by atoms with van der Waals surface area (Å²) in [5.74, 6) is -1.12. The third-order valence-corrected chi connectivity index (χ3v) is 4.45. The highest BCUT2D eigenvalue weighted by Crippen LogP contribution is 2.19. The molecule has 1 amide bonds. The van der Waals surface area contributed by atoms with Crippen LogP contribution in [0.25, 0.3) is 0 Å². The molecule has 0 radical (unpaired) electrons. The smallest absolute Gasteiger partial charge is 0.408 e. The molecule has 1 heterocycles. The van der Waals surface area contributed by atoms with Crippen molar-refractivity contribution in [3.05, 3.63) is 41.5 Å². The third-order valence-electron chi connectivity index (χ3n) is 3.04. The summed E-state index contributed by atoms with van der Waals surface area (Å²) in [5, 5.41) is 9.04. The predicted octanol–water partition coefficient (Wildman–Crippen LogP) is 2.77. The number of hydrogen-bond donors (Lipinski definition) is 1. The highest BCUT2D eigenvalue weighted by Gasteiger charge is 2.26. The second-order valence-electron chi connectivity index (χ2n) is 6.66. The molecule has 0 aliphatic rings. The number of carbonyl (C=O) groups is 1. The molecule has 0 aliphatic carbocycles. The molecule has 0 saturated carbocycles. The summed E-state index contributed by atoms with van der Waals surface area (Å²) in [7, 11) is -3.95. The standard InChI is InChI=1S/C16H20FN3O5S/c1-10(18-14(21)25-16(2,3)4)13-19-20-15(24-13)26(22,23)9-11-6-5-7-12(17)8-11/h5-8,10H,9H2,1-4H3,(H,18,21). The van der Waals surface area contributed by atoms with Crippen molar-refractivity contribution in [1.29, 1.82) is 0 Å². The van der Waals surface area contributed by atoms with Crippen LogP contribution < -0.4 is 5.32 Å². The van der Waals surface area contributed by atoms with Crippen LogP contribution in [-0.4, -0.2) is 30.3 Å². The van der Waals surface area contributed by atoms with Crippen molar-refractivity contribution < 1.29 is 26.8 Å². The maximum atomic E-state index is 13.2. The zero-order chi connectivity index (χ0) is 19.5. The Balaban J connectivity index is 2.09. The van der Waals surface area contributed by atoms with Crippen LogP contribution in [-0.2, 0) is 20.3 Å². The number of rotatable bonds is 5. The van der Waals surface area contributed by atoms with Gasteiger partial charge in [-0.15, -0.1) is 5.10 Å². The van der Waals surface area contributed by atoms with Gasteiger partial charge in [0.1, 0.15) is 17.5 Å². The number of ether oxygens (including phenoxy) is 1. The van der Waals surface area contributed by atoms with E-state index in [0.717, 1.165) is 6.07 Å². The van der Waals surface area contributed by atoms with Gasteiger partial charge < -0.3 is 14.5 Å². The molecule has 10 heteroatoms. The molecule has 2 rings (SSSR count). The van der Waals surface area contributed by atoms with Crippen LogP contribution in [0.1, 0.15) is 45.2 Å². The van der Waals surface area contributed by atoms with Crippen molar-refractivity contribution in [3.63, 3.8) is 0 Å². The fraction of sp³-hybridized carbons (Fsp3) is 0.438. The Morgan fingerprint density at radius 1 is 1.35 bits per heavy atom. The molecule has 0 fully saturated rings. The Hall–Kier alpha value is -2.49. The lowest BCUT2D eigenvalue weighted by Gasteiger charge is -2.20. The van der Waals surface area contributed by atoms with Crippen LogP contribution >= 0.6 is 0 Å². The van der Waals surface area contributed by atoms with Crippen molar-refractivity contribution in [2.24, 2.45) is 0 Å². The molecule has 0 aliphatic heterocycles. The molecular formula is C16H20FN3O5S. The first-order chi connectivity index (χ1) is 12.0. The number of amides is 1. The number of nitrogens with one attached hydrogen (secondary N) is 1. The van der Waals surface area contributed by atoms with E-state index in [2.05, 4.69) is 15.5 Å². The van der Waals surface area contributed by atoms with Gasteiger partial charge in [-0.05, 0) is 45.4 Å². The van der Waals surface area contributed by atoms with Crippen molar-refractivity contribution in [2.75, 3.05) is 0 Å². The van der Waals surface area contributed by atoms with E-state index in [1.54, 1.807) is 27.7 Å². The summed E-state index contributed by atoms with van der Waals surface area (Å²) >= 11 is 0. The molecular weight excluding hydrogens is 365 g/mol. The average Bonchev–Trinajstić information content (AvgIpc) is 2.95. The van der Waals surface area contributed by atoms with Gasteiger partial charge in [-0.3, -0.25) is 0 Å². The van der Waals surface area contributed by atoms with Crippen molar-refractivity contribution in [1.82, 2.24) is 15.5 Å². The first-order valence-corrected chi connectivity index (χ1v) is 9.41. The SMILES string of the molecule is CC(NC(=O)OC(C)(C)C)c1nnc(S(=O)(=O)Cc2cccc(F)c2)o1. The van der Waals surface area contributed by atoms with Crippen LogP contribution in [0.15, 0.2) is 33.9 Å². The number of nitrogens with zero attached hydrogens (tertiary/aromatic N) is 2. The van der Waals surface area contributed by atoms with Crippen LogP contribution in [0.4, 0.5) is 9.18 Å². The number of halogens is 1. The van der Waals surface area contributed by atoms with Gasteiger partial charge in [-0.1, -0.05) is 17.2 Å². The zero-order valence-electron chi connectivity index (χ0n) is 14.8. The van der Waals surface area contributed by atoms with E-state index in [1.807, 2.05) is 0 Å². The summed E-state index contributed by atoms with van der Waals surface area (Å²) in [6.45, 7) is 6.67. The normalized spacial score (nSPS) is 13.3. The lowest BCUT2D eigenvalue weighted by molar-refractivity contribution is 0.0500. The van der Waals surface area contributed by atoms with Crippen LogP contribution in [0.3, 0.4) is 0 Å². The topological polar surface area (TPSA) is 111 Å². The Morgan fingerprint density at radius 2 is 2.04 bits per heavy atom. The van der Waals surface area contributed by atoms with Crippen molar-refractivity contribution >= 4 is 15.9 Å². The van der Waals surface area contributed by atoms with Crippen LogP contribution in [0.2, 0.25) is 0 Å². The number of carbonyl (C=O) groups excluding carboxylic acids is 1. The van der Waals surface area contributed by atoms with Gasteiger partial charge in [-0.2, -0.15) is 0 Å². The second-order valence-corrected chi connectivity index (χ2v) is 8.53. The van der Waals surface area contributed by atoms with Gasteiger partial charge in [0, 0.05) is 0 Å². The maximum absolute atomic E-state index is 13.2. The molecule has 0 saturated heterocycles. The quantitative estimate of drug-likeness (QED) is 0.842. The minimum Gasteiger partial charge on any atom is -0.444 e. The minimum atomic E-state index is -3.95. The predicted molar refractivity (Wildman–Crippen MR) is 89.4 cm³/mol. The van der Waals surface area contributed by atoms with E-state index in [4.69, 9.17) is 9.15 Å². The summed E-state index contributed by atoms with van der Waals surface area (Å²) in [4.78, 5) is 11.7. The first-order valence-electron chi connectivity index (χ1n) is 7.76. The monoisotopic (exact) mass is 385 g/mol. The number of sulfone groups is 1. The van der Waals surface area contributed by atoms with Crippen molar-refractivity contribution in [3.8, 4) is 0 Å². The van der Waals surface area contributed by atoms with E-state index in [-0.39, 0.29) is 11.5 Å². The summed E-state index contributed by atoms with van der Waals surface area (Å²) in [6, 6.07) is 4.46. The Labute approximate surface area is 150 Å². The molecule has 8 nitrogen and oxygen atoms in total. The molecule has 0 spiro atoms. The van der Waals surface area contributed by atoms with Gasteiger partial charge in [0.25, 0.3) is 0 Å². The number of benzene rings is 1.